The lowest BCUT2D eigenvalue weighted by molar-refractivity contribution is -0.121. The predicted molar refractivity (Wildman–Crippen MR) is 72.0 cm³/mol. The molecule has 0 radical (unpaired) electrons. The third kappa shape index (κ3) is 4.59. The molecule has 1 aromatic carbocycles. The molecule has 0 saturated carbocycles. The van der Waals surface area contributed by atoms with Gasteiger partial charge in [-0.25, -0.2) is 4.39 Å². The van der Waals surface area contributed by atoms with E-state index in [2.05, 4.69) is 10.6 Å². The third-order valence-corrected chi connectivity index (χ3v) is 2.55. The van der Waals surface area contributed by atoms with Gasteiger partial charge in [-0.1, -0.05) is 13.8 Å². The fourth-order valence-corrected chi connectivity index (χ4v) is 1.47. The van der Waals surface area contributed by atoms with Gasteiger partial charge < -0.3 is 10.6 Å². The number of halogens is 1. The van der Waals surface area contributed by atoms with Crippen molar-refractivity contribution < 1.29 is 9.18 Å². The molecule has 1 atom stereocenters. The van der Waals surface area contributed by atoms with E-state index in [1.165, 1.54) is 12.1 Å². The Morgan fingerprint density at radius 1 is 1.42 bits per heavy atom. The summed E-state index contributed by atoms with van der Waals surface area (Å²) >= 11 is 0. The van der Waals surface area contributed by atoms with Crippen LogP contribution in [-0.2, 0) is 4.79 Å². The van der Waals surface area contributed by atoms with Gasteiger partial charge in [0, 0.05) is 12.2 Å². The summed E-state index contributed by atoms with van der Waals surface area (Å²) in [4.78, 5) is 11.7. The number of amides is 1. The Labute approximate surface area is 112 Å². The van der Waals surface area contributed by atoms with Gasteiger partial charge in [-0.3, -0.25) is 4.79 Å². The monoisotopic (exact) mass is 263 g/mol. The molecule has 19 heavy (non-hydrogen) atoms. The molecule has 102 valence electrons. The summed E-state index contributed by atoms with van der Waals surface area (Å²) in [5.74, 6) is -0.357. The summed E-state index contributed by atoms with van der Waals surface area (Å²) in [6.07, 6.45) is 0. The molecule has 0 aliphatic heterocycles. The van der Waals surface area contributed by atoms with Crippen molar-refractivity contribution in [3.63, 3.8) is 0 Å². The smallest absolute Gasteiger partial charge is 0.242 e. The number of hydrogen-bond donors (Lipinski definition) is 2. The Balaban J connectivity index is 2.62. The first-order chi connectivity index (χ1) is 8.93. The lowest BCUT2D eigenvalue weighted by Crippen LogP contribution is -2.39. The van der Waals surface area contributed by atoms with Crippen LogP contribution >= 0.6 is 0 Å². The molecule has 5 heteroatoms. The molecule has 0 aliphatic rings. The molecule has 1 rings (SSSR count). The molecule has 0 saturated heterocycles. The van der Waals surface area contributed by atoms with E-state index in [1.54, 1.807) is 19.1 Å². The molecule has 0 aliphatic carbocycles. The number of nitrogens with zero attached hydrogens (tertiary/aromatic N) is 1. The quantitative estimate of drug-likeness (QED) is 0.856. The molecule has 2 N–H and O–H groups in total. The molecule has 1 amide bonds. The van der Waals surface area contributed by atoms with Gasteiger partial charge in [-0.2, -0.15) is 5.26 Å². The van der Waals surface area contributed by atoms with Crippen molar-refractivity contribution in [2.75, 3.05) is 11.9 Å². The number of rotatable bonds is 5. The fraction of sp³-hybridized carbons (Fsp3) is 0.429. The number of nitriles is 1. The van der Waals surface area contributed by atoms with Crippen molar-refractivity contribution in [3.8, 4) is 6.07 Å². The number of carbonyl (C=O) groups is 1. The van der Waals surface area contributed by atoms with Gasteiger partial charge in [0.15, 0.2) is 0 Å². The number of benzene rings is 1. The highest BCUT2D eigenvalue weighted by Gasteiger charge is 2.13. The Kier molecular flexibility index (Phi) is 5.31. The van der Waals surface area contributed by atoms with Gasteiger partial charge in [-0.15, -0.1) is 0 Å². The fourth-order valence-electron chi connectivity index (χ4n) is 1.47. The minimum absolute atomic E-state index is 0.0116. The molecule has 0 bridgehead atoms. The van der Waals surface area contributed by atoms with Crippen LogP contribution in [0, 0.1) is 23.1 Å². The zero-order valence-electron chi connectivity index (χ0n) is 11.3. The van der Waals surface area contributed by atoms with E-state index in [1.807, 2.05) is 13.8 Å². The zero-order valence-corrected chi connectivity index (χ0v) is 11.3. The number of hydrogen-bond acceptors (Lipinski definition) is 3. The van der Waals surface area contributed by atoms with Crippen LogP contribution in [-0.4, -0.2) is 18.5 Å². The highest BCUT2D eigenvalue weighted by Crippen LogP contribution is 2.14. The maximum absolute atomic E-state index is 13.4. The topological polar surface area (TPSA) is 64.9 Å². The SMILES string of the molecule is CC(C)CNC(=O)C(C)Nc1ccc(C#N)c(F)c1. The van der Waals surface area contributed by atoms with Crippen LogP contribution in [0.5, 0.6) is 0 Å². The summed E-state index contributed by atoms with van der Waals surface area (Å²) in [6.45, 7) is 6.32. The van der Waals surface area contributed by atoms with E-state index in [0.717, 1.165) is 0 Å². The van der Waals surface area contributed by atoms with Crippen molar-refractivity contribution in [1.82, 2.24) is 5.32 Å². The van der Waals surface area contributed by atoms with Gasteiger partial charge in [0.25, 0.3) is 0 Å². The Morgan fingerprint density at radius 2 is 2.11 bits per heavy atom. The maximum Gasteiger partial charge on any atom is 0.242 e. The summed E-state index contributed by atoms with van der Waals surface area (Å²) in [7, 11) is 0. The van der Waals surface area contributed by atoms with Crippen LogP contribution in [0.4, 0.5) is 10.1 Å². The molecule has 0 aromatic heterocycles. The number of anilines is 1. The maximum atomic E-state index is 13.4. The molecule has 4 nitrogen and oxygen atoms in total. The lowest BCUT2D eigenvalue weighted by Gasteiger charge is -2.16. The Morgan fingerprint density at radius 3 is 2.63 bits per heavy atom. The van der Waals surface area contributed by atoms with Crippen molar-refractivity contribution in [2.45, 2.75) is 26.8 Å². The zero-order chi connectivity index (χ0) is 14.4. The predicted octanol–water partition coefficient (Wildman–Crippen LogP) is 2.27. The minimum Gasteiger partial charge on any atom is -0.374 e. The summed E-state index contributed by atoms with van der Waals surface area (Å²) in [5, 5.41) is 14.3. The van der Waals surface area contributed by atoms with E-state index in [-0.39, 0.29) is 11.5 Å². The van der Waals surface area contributed by atoms with E-state index in [4.69, 9.17) is 5.26 Å². The first-order valence-electron chi connectivity index (χ1n) is 6.18. The first-order valence-corrected chi connectivity index (χ1v) is 6.18. The lowest BCUT2D eigenvalue weighted by atomic mass is 10.2. The van der Waals surface area contributed by atoms with Gasteiger partial charge >= 0.3 is 0 Å². The second-order valence-electron chi connectivity index (χ2n) is 4.81. The Bertz CT molecular complexity index is 494. The second kappa shape index (κ2) is 6.74. The summed E-state index contributed by atoms with van der Waals surface area (Å²) in [6, 6.07) is 5.46. The largest absolute Gasteiger partial charge is 0.374 e. The van der Waals surface area contributed by atoms with Crippen LogP contribution in [0.2, 0.25) is 0 Å². The average molecular weight is 263 g/mol. The number of carbonyl (C=O) groups excluding carboxylic acids is 1. The van der Waals surface area contributed by atoms with Crippen molar-refractivity contribution >= 4 is 11.6 Å². The van der Waals surface area contributed by atoms with Gasteiger partial charge in [0.1, 0.15) is 17.9 Å². The van der Waals surface area contributed by atoms with Crippen molar-refractivity contribution in [1.29, 1.82) is 5.26 Å². The average Bonchev–Trinajstić information content (AvgIpc) is 2.36. The van der Waals surface area contributed by atoms with Crippen LogP contribution < -0.4 is 10.6 Å². The number of nitrogens with one attached hydrogen (secondary N) is 2. The van der Waals surface area contributed by atoms with Gasteiger partial charge in [0.2, 0.25) is 5.91 Å². The van der Waals surface area contributed by atoms with Crippen LogP contribution in [0.3, 0.4) is 0 Å². The highest BCUT2D eigenvalue weighted by molar-refractivity contribution is 5.84. The minimum atomic E-state index is -0.595. The second-order valence-corrected chi connectivity index (χ2v) is 4.81. The molecule has 1 unspecified atom stereocenters. The van der Waals surface area contributed by atoms with E-state index < -0.39 is 11.9 Å². The Hall–Kier alpha value is -2.09. The van der Waals surface area contributed by atoms with Crippen LogP contribution in [0.25, 0.3) is 0 Å². The molecule has 0 fully saturated rings. The van der Waals surface area contributed by atoms with Crippen molar-refractivity contribution in [3.05, 3.63) is 29.6 Å². The third-order valence-electron chi connectivity index (χ3n) is 2.55. The highest BCUT2D eigenvalue weighted by atomic mass is 19.1. The summed E-state index contributed by atoms with van der Waals surface area (Å²) in [5.41, 5.74) is 0.464. The van der Waals surface area contributed by atoms with Crippen molar-refractivity contribution in [2.24, 2.45) is 5.92 Å². The normalized spacial score (nSPS) is 11.8. The molecular weight excluding hydrogens is 245 g/mol. The van der Waals surface area contributed by atoms with Crippen LogP contribution in [0.1, 0.15) is 26.3 Å². The standard InChI is InChI=1S/C14H18FN3O/c1-9(2)8-17-14(19)10(3)18-12-5-4-11(7-16)13(15)6-12/h4-6,9-10,18H,8H2,1-3H3,(H,17,19). The van der Waals surface area contributed by atoms with Gasteiger partial charge in [0.05, 0.1) is 5.56 Å². The summed E-state index contributed by atoms with van der Waals surface area (Å²) < 4.78 is 13.4. The first kappa shape index (κ1) is 15.0. The molecule has 0 spiro atoms. The van der Waals surface area contributed by atoms with E-state index in [0.29, 0.717) is 18.2 Å². The van der Waals surface area contributed by atoms with Crippen LogP contribution in [0.15, 0.2) is 18.2 Å². The van der Waals surface area contributed by atoms with E-state index >= 15 is 0 Å². The molecular formula is C14H18FN3O. The van der Waals surface area contributed by atoms with Gasteiger partial charge in [-0.05, 0) is 31.0 Å². The molecule has 1 aromatic rings. The molecule has 0 heterocycles. The van der Waals surface area contributed by atoms with E-state index in [9.17, 15) is 9.18 Å².